The van der Waals surface area contributed by atoms with Crippen molar-refractivity contribution in [2.45, 2.75) is 44.8 Å². The van der Waals surface area contributed by atoms with E-state index in [1.807, 2.05) is 6.07 Å². The minimum atomic E-state index is -0.822. The maximum Gasteiger partial charge on any atom is 0.332 e. The van der Waals surface area contributed by atoms with Gasteiger partial charge in [-0.2, -0.15) is 0 Å². The summed E-state index contributed by atoms with van der Waals surface area (Å²) in [5.41, 5.74) is 6.88. The third-order valence-electron chi connectivity index (χ3n) is 6.64. The molecule has 1 unspecified atom stereocenters. The molecule has 220 valence electrons. The van der Waals surface area contributed by atoms with Gasteiger partial charge in [-0.1, -0.05) is 35.5 Å². The van der Waals surface area contributed by atoms with Crippen LogP contribution < -0.4 is 16.4 Å². The summed E-state index contributed by atoms with van der Waals surface area (Å²) in [4.78, 5) is 52.2. The fourth-order valence-corrected chi connectivity index (χ4v) is 4.40. The van der Waals surface area contributed by atoms with Crippen molar-refractivity contribution in [1.82, 2.24) is 15.5 Å². The number of hydrogen-bond donors (Lipinski definition) is 4. The monoisotopic (exact) mass is 567 g/mol. The van der Waals surface area contributed by atoms with Gasteiger partial charge in [0, 0.05) is 36.3 Å². The molecule has 1 fully saturated rings. The lowest BCUT2D eigenvalue weighted by Crippen LogP contribution is -2.51. The quantitative estimate of drug-likeness (QED) is 0.0706. The van der Waals surface area contributed by atoms with Crippen LogP contribution in [0.1, 0.15) is 58.9 Å². The van der Waals surface area contributed by atoms with Crippen LogP contribution in [0, 0.1) is 0 Å². The first-order valence-corrected chi connectivity index (χ1v) is 13.6. The number of nitrogens with two attached hydrogens (primary N) is 1. The Morgan fingerprint density at radius 1 is 1.00 bits per heavy atom. The van der Waals surface area contributed by atoms with E-state index in [-0.39, 0.29) is 37.0 Å². The predicted molar refractivity (Wildman–Crippen MR) is 150 cm³/mol. The van der Waals surface area contributed by atoms with Crippen LogP contribution in [0.4, 0.5) is 0 Å². The molecule has 2 aromatic rings. The summed E-state index contributed by atoms with van der Waals surface area (Å²) in [6, 6.07) is 14.1. The van der Waals surface area contributed by atoms with Crippen LogP contribution >= 0.6 is 0 Å². The highest BCUT2D eigenvalue weighted by Crippen LogP contribution is 2.16. The van der Waals surface area contributed by atoms with Gasteiger partial charge in [0.15, 0.2) is 5.84 Å². The number of amidine groups is 1. The van der Waals surface area contributed by atoms with Crippen LogP contribution in [0.25, 0.3) is 0 Å². The van der Waals surface area contributed by atoms with Gasteiger partial charge in [0.25, 0.3) is 11.8 Å². The van der Waals surface area contributed by atoms with Crippen molar-refractivity contribution in [3.8, 4) is 0 Å². The lowest BCUT2D eigenvalue weighted by atomic mass is 10.0. The molecule has 3 amide bonds. The summed E-state index contributed by atoms with van der Waals surface area (Å²) in [7, 11) is 0. The van der Waals surface area contributed by atoms with Gasteiger partial charge >= 0.3 is 5.97 Å². The van der Waals surface area contributed by atoms with Crippen LogP contribution in [0.15, 0.2) is 59.8 Å². The number of oxime groups is 1. The summed E-state index contributed by atoms with van der Waals surface area (Å²) in [6.07, 6.45) is 1.69. The second-order valence-electron chi connectivity index (χ2n) is 9.49. The number of piperidine rings is 1. The Kier molecular flexibility index (Phi) is 12.1. The van der Waals surface area contributed by atoms with Gasteiger partial charge in [-0.25, -0.2) is 4.79 Å². The molecule has 2 aromatic carbocycles. The second-order valence-corrected chi connectivity index (χ2v) is 9.49. The molecule has 0 bridgehead atoms. The molecule has 0 saturated carbocycles. The molecule has 0 radical (unpaired) electrons. The third-order valence-corrected chi connectivity index (χ3v) is 6.64. The first kappa shape index (κ1) is 31.1. The van der Waals surface area contributed by atoms with E-state index in [1.165, 1.54) is 12.1 Å². The molecule has 1 aliphatic heterocycles. The van der Waals surface area contributed by atoms with Gasteiger partial charge in [0.05, 0.1) is 12.7 Å². The number of amides is 3. The Morgan fingerprint density at radius 3 is 2.27 bits per heavy atom. The topological polar surface area (TPSA) is 173 Å². The average Bonchev–Trinajstić information content (AvgIpc) is 3.01. The normalized spacial score (nSPS) is 14.7. The number of esters is 1. The second kappa shape index (κ2) is 16.0. The summed E-state index contributed by atoms with van der Waals surface area (Å²) in [5, 5.41) is 17.5. The van der Waals surface area contributed by atoms with Gasteiger partial charge in [-0.05, 0) is 56.9 Å². The van der Waals surface area contributed by atoms with Crippen LogP contribution in [0.5, 0.6) is 0 Å². The number of hydrogen-bond acceptors (Lipinski definition) is 8. The minimum absolute atomic E-state index is 0.0859. The smallest absolute Gasteiger partial charge is 0.332 e. The lowest BCUT2D eigenvalue weighted by molar-refractivity contribution is -0.152. The van der Waals surface area contributed by atoms with Gasteiger partial charge in [-0.15, -0.1) is 0 Å². The van der Waals surface area contributed by atoms with E-state index < -0.39 is 17.9 Å². The molecule has 1 saturated heterocycles. The van der Waals surface area contributed by atoms with Crippen molar-refractivity contribution in [1.29, 1.82) is 0 Å². The number of carbonyl (C=O) groups is 4. The van der Waals surface area contributed by atoms with Crippen LogP contribution in [-0.4, -0.2) is 84.6 Å². The van der Waals surface area contributed by atoms with Gasteiger partial charge in [0.1, 0.15) is 12.6 Å². The first-order chi connectivity index (χ1) is 19.8. The van der Waals surface area contributed by atoms with Crippen molar-refractivity contribution >= 4 is 29.5 Å². The Balaban J connectivity index is 1.60. The van der Waals surface area contributed by atoms with Crippen LogP contribution in [0.3, 0.4) is 0 Å². The highest BCUT2D eigenvalue weighted by Gasteiger charge is 2.30. The Hall–Kier alpha value is -4.45. The number of rotatable bonds is 13. The zero-order valence-corrected chi connectivity index (χ0v) is 23.1. The van der Waals surface area contributed by atoms with E-state index in [0.29, 0.717) is 62.0 Å². The van der Waals surface area contributed by atoms with E-state index in [9.17, 15) is 19.2 Å². The standard InChI is InChI=1S/C29H37N5O7/c1-2-40-25(35)19-41-23-14-17-34(18-15-23)29(38)24(9-6-16-31-27(36)21-7-4-3-5-8-21)32-28(37)22-12-10-20(11-13-22)26(30)33-39/h3-5,7-8,10-13,23-24,39H,2,6,9,14-19H2,1H3,(H2,30,33)(H,31,36)(H,32,37). The molecule has 3 rings (SSSR count). The van der Waals surface area contributed by atoms with E-state index in [4.69, 9.17) is 20.4 Å². The number of nitrogens with zero attached hydrogens (tertiary/aromatic N) is 2. The molecular formula is C29H37N5O7. The Bertz CT molecular complexity index is 1200. The molecule has 0 spiro atoms. The molecular weight excluding hydrogens is 530 g/mol. The summed E-state index contributed by atoms with van der Waals surface area (Å²) in [6.45, 7) is 3.04. The summed E-state index contributed by atoms with van der Waals surface area (Å²) >= 11 is 0. The first-order valence-electron chi connectivity index (χ1n) is 13.6. The van der Waals surface area contributed by atoms with Crippen molar-refractivity contribution in [2.24, 2.45) is 10.9 Å². The average molecular weight is 568 g/mol. The van der Waals surface area contributed by atoms with E-state index in [0.717, 1.165) is 0 Å². The molecule has 0 aliphatic carbocycles. The lowest BCUT2D eigenvalue weighted by Gasteiger charge is -2.34. The summed E-state index contributed by atoms with van der Waals surface area (Å²) in [5.74, 6) is -1.40. The molecule has 1 aliphatic rings. The fraction of sp³-hybridized carbons (Fsp3) is 0.414. The Morgan fingerprint density at radius 2 is 1.63 bits per heavy atom. The van der Waals surface area contributed by atoms with Crippen molar-refractivity contribution in [3.63, 3.8) is 0 Å². The minimum Gasteiger partial charge on any atom is -0.464 e. The van der Waals surface area contributed by atoms with Crippen molar-refractivity contribution in [2.75, 3.05) is 32.8 Å². The molecule has 12 heteroatoms. The molecule has 5 N–H and O–H groups in total. The molecule has 1 heterocycles. The zero-order valence-electron chi connectivity index (χ0n) is 23.1. The van der Waals surface area contributed by atoms with Crippen molar-refractivity contribution < 1.29 is 33.9 Å². The predicted octanol–water partition coefficient (Wildman–Crippen LogP) is 1.66. The zero-order chi connectivity index (χ0) is 29.6. The van der Waals surface area contributed by atoms with Gasteiger partial charge in [-0.3, -0.25) is 14.4 Å². The molecule has 41 heavy (non-hydrogen) atoms. The fourth-order valence-electron chi connectivity index (χ4n) is 4.40. The maximum atomic E-state index is 13.5. The van der Waals surface area contributed by atoms with Gasteiger partial charge in [0.2, 0.25) is 5.91 Å². The maximum absolute atomic E-state index is 13.5. The largest absolute Gasteiger partial charge is 0.464 e. The van der Waals surface area contributed by atoms with Crippen LogP contribution in [0.2, 0.25) is 0 Å². The number of likely N-dealkylation sites (tertiary alicyclic amines) is 1. The van der Waals surface area contributed by atoms with Gasteiger partial charge < -0.3 is 35.9 Å². The SMILES string of the molecule is CCOC(=O)COC1CCN(C(=O)C(CCCNC(=O)c2ccccc2)NC(=O)c2ccc(/C(N)=N/O)cc2)CC1. The highest BCUT2D eigenvalue weighted by atomic mass is 16.6. The van der Waals surface area contributed by atoms with Crippen LogP contribution in [-0.2, 0) is 19.1 Å². The number of ether oxygens (including phenoxy) is 2. The molecule has 0 aromatic heterocycles. The molecule has 12 nitrogen and oxygen atoms in total. The summed E-state index contributed by atoms with van der Waals surface area (Å²) < 4.78 is 10.5. The van der Waals surface area contributed by atoms with E-state index in [2.05, 4.69) is 15.8 Å². The highest BCUT2D eigenvalue weighted by molar-refractivity contribution is 6.00. The van der Waals surface area contributed by atoms with E-state index >= 15 is 0 Å². The van der Waals surface area contributed by atoms with Crippen molar-refractivity contribution in [3.05, 3.63) is 71.3 Å². The van der Waals surface area contributed by atoms with E-state index in [1.54, 1.807) is 48.2 Å². The number of nitrogens with one attached hydrogen (secondary N) is 2. The number of benzene rings is 2. The Labute approximate surface area is 238 Å². The number of carbonyl (C=O) groups excluding carboxylic acids is 4. The molecule has 1 atom stereocenters. The third kappa shape index (κ3) is 9.60.